The quantitative estimate of drug-likeness (QED) is 0.224. The van der Waals surface area contributed by atoms with Crippen LogP contribution in [0.25, 0.3) is 21.9 Å². The number of methoxy groups -OCH3 is 1. The van der Waals surface area contributed by atoms with Crippen molar-refractivity contribution in [3.05, 3.63) is 69.2 Å². The average molecular weight is 479 g/mol. The molecular formula is C26H30N4O3S. The first-order valence-corrected chi connectivity index (χ1v) is 12.0. The van der Waals surface area contributed by atoms with Crippen molar-refractivity contribution in [2.45, 2.75) is 51.6 Å². The summed E-state index contributed by atoms with van der Waals surface area (Å²) in [6.45, 7) is 2.49. The highest BCUT2D eigenvalue weighted by Gasteiger charge is 2.13. The molecule has 1 atom stereocenters. The molecule has 3 N–H and O–H groups in total. The van der Waals surface area contributed by atoms with Gasteiger partial charge in [-0.2, -0.15) is 0 Å². The van der Waals surface area contributed by atoms with Gasteiger partial charge in [-0.25, -0.2) is 0 Å². The van der Waals surface area contributed by atoms with Gasteiger partial charge >= 0.3 is 0 Å². The molecule has 0 aliphatic rings. The number of carbonyl (C=O) groups excluding carboxylic acids is 1. The van der Waals surface area contributed by atoms with Crippen LogP contribution in [0.1, 0.15) is 38.2 Å². The standard InChI is InChI=1S/C26H30N4O3S/c1-17(11-12-18-8-4-3-5-9-18)27-22(31)10-6-7-15-30-25(32)24-23(29-26(30)34)20-16-19(33-2)13-14-21(20)28-24/h3-5,8-9,13-14,16-17,28H,6-7,10-12,15H2,1-2H3,(H,27,31)(H,29,34)/t17-/m1/s1. The van der Waals surface area contributed by atoms with E-state index in [-0.39, 0.29) is 17.5 Å². The summed E-state index contributed by atoms with van der Waals surface area (Å²) in [7, 11) is 1.61. The predicted molar refractivity (Wildman–Crippen MR) is 138 cm³/mol. The molecule has 0 aliphatic carbocycles. The van der Waals surface area contributed by atoms with Crippen LogP contribution >= 0.6 is 12.2 Å². The average Bonchev–Trinajstić information content (AvgIpc) is 3.20. The summed E-state index contributed by atoms with van der Waals surface area (Å²) in [6.07, 6.45) is 3.63. The highest BCUT2D eigenvalue weighted by molar-refractivity contribution is 7.71. The number of fused-ring (bicyclic) bond motifs is 3. The fraction of sp³-hybridized carbons (Fsp3) is 0.346. The molecule has 0 fully saturated rings. The molecule has 8 heteroatoms. The molecule has 2 heterocycles. The third kappa shape index (κ3) is 5.39. The number of nitrogens with one attached hydrogen (secondary N) is 3. The molecule has 178 valence electrons. The van der Waals surface area contributed by atoms with Crippen molar-refractivity contribution in [1.29, 1.82) is 0 Å². The normalized spacial score (nSPS) is 12.2. The number of carbonyl (C=O) groups is 1. The number of benzene rings is 2. The van der Waals surface area contributed by atoms with Gasteiger partial charge in [0.2, 0.25) is 5.91 Å². The molecule has 1 amide bonds. The van der Waals surface area contributed by atoms with E-state index in [4.69, 9.17) is 17.0 Å². The predicted octanol–water partition coefficient (Wildman–Crippen LogP) is 4.86. The molecule has 7 nitrogen and oxygen atoms in total. The van der Waals surface area contributed by atoms with Crippen molar-refractivity contribution in [2.24, 2.45) is 0 Å². The lowest BCUT2D eigenvalue weighted by Crippen LogP contribution is -2.32. The summed E-state index contributed by atoms with van der Waals surface area (Å²) in [6, 6.07) is 16.0. The van der Waals surface area contributed by atoms with E-state index in [1.807, 2.05) is 43.3 Å². The molecule has 34 heavy (non-hydrogen) atoms. The van der Waals surface area contributed by atoms with Gasteiger partial charge in [0.05, 0.1) is 12.6 Å². The molecule has 4 rings (SSSR count). The fourth-order valence-electron chi connectivity index (χ4n) is 4.20. The van der Waals surface area contributed by atoms with Crippen LogP contribution in [0.4, 0.5) is 0 Å². The maximum absolute atomic E-state index is 13.1. The molecule has 0 saturated heterocycles. The van der Waals surface area contributed by atoms with Crippen LogP contribution in [0, 0.1) is 4.77 Å². The Labute approximate surface area is 203 Å². The van der Waals surface area contributed by atoms with Gasteiger partial charge in [-0.15, -0.1) is 0 Å². The Balaban J connectivity index is 1.32. The lowest BCUT2D eigenvalue weighted by molar-refractivity contribution is -0.121. The summed E-state index contributed by atoms with van der Waals surface area (Å²) in [5, 5.41) is 3.93. The minimum Gasteiger partial charge on any atom is -0.497 e. The monoisotopic (exact) mass is 478 g/mol. The molecule has 0 spiro atoms. The largest absolute Gasteiger partial charge is 0.497 e. The van der Waals surface area contributed by atoms with Crippen molar-refractivity contribution < 1.29 is 9.53 Å². The van der Waals surface area contributed by atoms with Crippen LogP contribution in [-0.4, -0.2) is 33.6 Å². The van der Waals surface area contributed by atoms with Gasteiger partial charge in [0.15, 0.2) is 4.77 Å². The molecular weight excluding hydrogens is 448 g/mol. The minimum atomic E-state index is -0.159. The number of H-pyrrole nitrogens is 2. The van der Waals surface area contributed by atoms with E-state index in [0.29, 0.717) is 47.4 Å². The molecule has 0 saturated carbocycles. The van der Waals surface area contributed by atoms with Gasteiger partial charge in [-0.3, -0.25) is 14.2 Å². The van der Waals surface area contributed by atoms with Crippen molar-refractivity contribution in [3.63, 3.8) is 0 Å². The van der Waals surface area contributed by atoms with Crippen LogP contribution in [0.2, 0.25) is 0 Å². The van der Waals surface area contributed by atoms with E-state index in [0.717, 1.165) is 23.7 Å². The van der Waals surface area contributed by atoms with Gasteiger partial charge in [-0.05, 0) is 68.6 Å². The third-order valence-electron chi connectivity index (χ3n) is 6.09. The molecule has 0 radical (unpaired) electrons. The van der Waals surface area contributed by atoms with E-state index in [1.165, 1.54) is 5.56 Å². The SMILES string of the molecule is COc1ccc2[nH]c3c(=O)n(CCCCC(=O)N[C@H](C)CCc4ccccc4)c(=S)[nH]c3c2c1. The van der Waals surface area contributed by atoms with E-state index < -0.39 is 0 Å². The van der Waals surface area contributed by atoms with E-state index in [9.17, 15) is 9.59 Å². The molecule has 2 aromatic carbocycles. The zero-order valence-electron chi connectivity index (χ0n) is 19.5. The smallest absolute Gasteiger partial charge is 0.278 e. The van der Waals surface area contributed by atoms with E-state index in [1.54, 1.807) is 11.7 Å². The molecule has 0 aliphatic heterocycles. The van der Waals surface area contributed by atoms with Gasteiger partial charge in [0.1, 0.15) is 11.3 Å². The first-order valence-electron chi connectivity index (χ1n) is 11.6. The number of aromatic nitrogens is 3. The second-order valence-corrected chi connectivity index (χ2v) is 9.01. The number of rotatable bonds is 10. The zero-order valence-corrected chi connectivity index (χ0v) is 20.3. The van der Waals surface area contributed by atoms with Crippen LogP contribution in [0.5, 0.6) is 5.75 Å². The van der Waals surface area contributed by atoms with Gasteiger partial charge in [0.25, 0.3) is 5.56 Å². The maximum atomic E-state index is 13.1. The number of ether oxygens (including phenoxy) is 1. The maximum Gasteiger partial charge on any atom is 0.278 e. The van der Waals surface area contributed by atoms with Crippen molar-refractivity contribution in [1.82, 2.24) is 19.9 Å². The second kappa shape index (κ2) is 10.7. The summed E-state index contributed by atoms with van der Waals surface area (Å²) in [5.41, 5.74) is 3.13. The lowest BCUT2D eigenvalue weighted by Gasteiger charge is -2.14. The number of hydrogen-bond donors (Lipinski definition) is 3. The highest BCUT2D eigenvalue weighted by atomic mass is 32.1. The first kappa shape index (κ1) is 23.8. The number of amides is 1. The number of nitrogens with zero attached hydrogens (tertiary/aromatic N) is 1. The van der Waals surface area contributed by atoms with Crippen molar-refractivity contribution >= 4 is 40.1 Å². The van der Waals surface area contributed by atoms with Crippen molar-refractivity contribution in [2.75, 3.05) is 7.11 Å². The topological polar surface area (TPSA) is 91.9 Å². The lowest BCUT2D eigenvalue weighted by atomic mass is 10.1. The Morgan fingerprint density at radius 3 is 2.68 bits per heavy atom. The molecule has 0 bridgehead atoms. The second-order valence-electron chi connectivity index (χ2n) is 8.62. The summed E-state index contributed by atoms with van der Waals surface area (Å²) in [5.74, 6) is 0.752. The third-order valence-corrected chi connectivity index (χ3v) is 6.42. The Morgan fingerprint density at radius 2 is 1.91 bits per heavy atom. The number of aryl methyl sites for hydroxylation is 1. The first-order chi connectivity index (χ1) is 16.5. The molecule has 0 unspecified atom stereocenters. The zero-order chi connectivity index (χ0) is 24.1. The molecule has 4 aromatic rings. The highest BCUT2D eigenvalue weighted by Crippen LogP contribution is 2.25. The van der Waals surface area contributed by atoms with Crippen LogP contribution in [0.15, 0.2) is 53.3 Å². The van der Waals surface area contributed by atoms with Gasteiger partial charge in [0, 0.05) is 29.9 Å². The van der Waals surface area contributed by atoms with Crippen LogP contribution < -0.4 is 15.6 Å². The summed E-state index contributed by atoms with van der Waals surface area (Å²) < 4.78 is 7.23. The van der Waals surface area contributed by atoms with Crippen molar-refractivity contribution in [3.8, 4) is 5.75 Å². The summed E-state index contributed by atoms with van der Waals surface area (Å²) >= 11 is 5.47. The molecule has 2 aromatic heterocycles. The number of hydrogen-bond acceptors (Lipinski definition) is 4. The van der Waals surface area contributed by atoms with Gasteiger partial charge in [-0.1, -0.05) is 30.3 Å². The number of unbranched alkanes of at least 4 members (excludes halogenated alkanes) is 1. The fourth-order valence-corrected chi connectivity index (χ4v) is 4.47. The van der Waals surface area contributed by atoms with Crippen LogP contribution in [-0.2, 0) is 17.8 Å². The van der Waals surface area contributed by atoms with E-state index in [2.05, 4.69) is 27.4 Å². The Bertz CT molecular complexity index is 1400. The van der Waals surface area contributed by atoms with Gasteiger partial charge < -0.3 is 20.0 Å². The Kier molecular flexibility index (Phi) is 7.47. The Morgan fingerprint density at radius 1 is 1.12 bits per heavy atom. The Hall–Kier alpha value is -3.39. The number of aromatic amines is 2. The van der Waals surface area contributed by atoms with E-state index >= 15 is 0 Å². The minimum absolute atomic E-state index is 0.0399. The summed E-state index contributed by atoms with van der Waals surface area (Å²) in [4.78, 5) is 31.8. The van der Waals surface area contributed by atoms with Crippen LogP contribution in [0.3, 0.4) is 0 Å².